The summed E-state index contributed by atoms with van der Waals surface area (Å²) in [5.74, 6) is 0.182. The standard InChI is InChI=1S/C18H18ClN3OS/c1-11-8-12(2)17(13(19)9-11)21-16(23)10-24-18-20-14-6-4-5-7-15(14)22(18)3/h4-9H,10H2,1-3H3,(H,21,23). The highest BCUT2D eigenvalue weighted by atomic mass is 35.5. The van der Waals surface area contributed by atoms with E-state index in [0.717, 1.165) is 27.3 Å². The number of anilines is 1. The highest BCUT2D eigenvalue weighted by Gasteiger charge is 2.13. The van der Waals surface area contributed by atoms with Crippen LogP contribution in [0.15, 0.2) is 41.6 Å². The molecule has 1 aromatic heterocycles. The maximum absolute atomic E-state index is 12.3. The van der Waals surface area contributed by atoms with E-state index in [1.165, 1.54) is 11.8 Å². The number of aryl methyl sites for hydroxylation is 3. The Balaban J connectivity index is 1.70. The van der Waals surface area contributed by atoms with Crippen LogP contribution in [-0.4, -0.2) is 21.2 Å². The summed E-state index contributed by atoms with van der Waals surface area (Å²) in [4.78, 5) is 16.8. The Bertz CT molecular complexity index is 897. The third-order valence-corrected chi connectivity index (χ3v) is 5.10. The van der Waals surface area contributed by atoms with Crippen LogP contribution in [0.4, 0.5) is 5.69 Å². The smallest absolute Gasteiger partial charge is 0.234 e. The van der Waals surface area contributed by atoms with E-state index in [-0.39, 0.29) is 11.7 Å². The van der Waals surface area contributed by atoms with Crippen LogP contribution >= 0.6 is 23.4 Å². The van der Waals surface area contributed by atoms with Crippen molar-refractivity contribution in [2.75, 3.05) is 11.1 Å². The minimum absolute atomic E-state index is 0.0964. The van der Waals surface area contributed by atoms with Gasteiger partial charge in [-0.2, -0.15) is 0 Å². The lowest BCUT2D eigenvalue weighted by molar-refractivity contribution is -0.113. The Labute approximate surface area is 150 Å². The Morgan fingerprint density at radius 3 is 2.75 bits per heavy atom. The van der Waals surface area contributed by atoms with Crippen LogP contribution in [0.2, 0.25) is 5.02 Å². The van der Waals surface area contributed by atoms with Crippen LogP contribution in [-0.2, 0) is 11.8 Å². The van der Waals surface area contributed by atoms with E-state index in [4.69, 9.17) is 11.6 Å². The van der Waals surface area contributed by atoms with Crippen molar-refractivity contribution in [3.8, 4) is 0 Å². The molecule has 1 amide bonds. The summed E-state index contributed by atoms with van der Waals surface area (Å²) < 4.78 is 2.00. The van der Waals surface area contributed by atoms with Gasteiger partial charge in [0, 0.05) is 7.05 Å². The van der Waals surface area contributed by atoms with E-state index in [9.17, 15) is 4.79 Å². The summed E-state index contributed by atoms with van der Waals surface area (Å²) in [5.41, 5.74) is 4.70. The molecule has 0 fully saturated rings. The van der Waals surface area contributed by atoms with E-state index in [0.29, 0.717) is 10.7 Å². The minimum Gasteiger partial charge on any atom is -0.324 e. The van der Waals surface area contributed by atoms with E-state index in [2.05, 4.69) is 10.3 Å². The molecule has 0 bridgehead atoms. The number of benzene rings is 2. The summed E-state index contributed by atoms with van der Waals surface area (Å²) in [6, 6.07) is 11.8. The van der Waals surface area contributed by atoms with Gasteiger partial charge in [-0.25, -0.2) is 4.98 Å². The molecule has 3 aromatic rings. The molecule has 0 saturated carbocycles. The van der Waals surface area contributed by atoms with Gasteiger partial charge in [-0.1, -0.05) is 41.6 Å². The number of amides is 1. The number of carbonyl (C=O) groups excluding carboxylic acids is 1. The van der Waals surface area contributed by atoms with Gasteiger partial charge in [0.15, 0.2) is 5.16 Å². The molecule has 2 aromatic carbocycles. The molecule has 1 N–H and O–H groups in total. The molecular weight excluding hydrogens is 342 g/mol. The Morgan fingerprint density at radius 1 is 1.29 bits per heavy atom. The second-order valence-electron chi connectivity index (χ2n) is 5.72. The Hall–Kier alpha value is -1.98. The third kappa shape index (κ3) is 3.42. The van der Waals surface area contributed by atoms with Crippen molar-refractivity contribution < 1.29 is 4.79 Å². The van der Waals surface area contributed by atoms with Gasteiger partial charge in [0.1, 0.15) is 0 Å². The second kappa shape index (κ2) is 6.87. The number of hydrogen-bond acceptors (Lipinski definition) is 3. The predicted molar refractivity (Wildman–Crippen MR) is 101 cm³/mol. The lowest BCUT2D eigenvalue weighted by atomic mass is 10.1. The average Bonchev–Trinajstić information content (AvgIpc) is 2.85. The number of aromatic nitrogens is 2. The summed E-state index contributed by atoms with van der Waals surface area (Å²) in [6.07, 6.45) is 0. The van der Waals surface area contributed by atoms with E-state index in [1.807, 2.05) is 61.9 Å². The molecule has 0 aliphatic rings. The predicted octanol–water partition coefficient (Wildman–Crippen LogP) is 4.57. The normalized spacial score (nSPS) is 11.0. The quantitative estimate of drug-likeness (QED) is 0.694. The zero-order valence-corrected chi connectivity index (χ0v) is 15.3. The van der Waals surface area contributed by atoms with E-state index >= 15 is 0 Å². The number of thioether (sulfide) groups is 1. The zero-order valence-electron chi connectivity index (χ0n) is 13.8. The first kappa shape index (κ1) is 16.9. The van der Waals surface area contributed by atoms with Crippen molar-refractivity contribution in [1.82, 2.24) is 9.55 Å². The van der Waals surface area contributed by atoms with Gasteiger partial charge < -0.3 is 9.88 Å². The molecular formula is C18H18ClN3OS. The van der Waals surface area contributed by atoms with Crippen LogP contribution in [0.5, 0.6) is 0 Å². The van der Waals surface area contributed by atoms with Gasteiger partial charge in [-0.15, -0.1) is 0 Å². The van der Waals surface area contributed by atoms with Crippen molar-refractivity contribution in [3.63, 3.8) is 0 Å². The summed E-state index contributed by atoms with van der Waals surface area (Å²) in [7, 11) is 1.95. The van der Waals surface area contributed by atoms with Crippen molar-refractivity contribution in [3.05, 3.63) is 52.5 Å². The number of fused-ring (bicyclic) bond motifs is 1. The van der Waals surface area contributed by atoms with Crippen molar-refractivity contribution in [2.24, 2.45) is 7.05 Å². The maximum Gasteiger partial charge on any atom is 0.234 e. The number of nitrogens with one attached hydrogen (secondary N) is 1. The minimum atomic E-state index is -0.0964. The number of halogens is 1. The third-order valence-electron chi connectivity index (χ3n) is 3.77. The van der Waals surface area contributed by atoms with Crippen LogP contribution in [0.25, 0.3) is 11.0 Å². The van der Waals surface area contributed by atoms with Gasteiger partial charge in [-0.05, 0) is 43.2 Å². The topological polar surface area (TPSA) is 46.9 Å². The van der Waals surface area contributed by atoms with E-state index < -0.39 is 0 Å². The first-order valence-corrected chi connectivity index (χ1v) is 8.93. The molecule has 0 atom stereocenters. The molecule has 24 heavy (non-hydrogen) atoms. The highest BCUT2D eigenvalue weighted by molar-refractivity contribution is 7.99. The van der Waals surface area contributed by atoms with Gasteiger partial charge in [0.2, 0.25) is 5.91 Å². The number of hydrogen-bond donors (Lipinski definition) is 1. The molecule has 0 spiro atoms. The molecule has 0 aliphatic carbocycles. The molecule has 0 unspecified atom stereocenters. The monoisotopic (exact) mass is 359 g/mol. The van der Waals surface area contributed by atoms with Crippen LogP contribution < -0.4 is 5.32 Å². The van der Waals surface area contributed by atoms with Gasteiger partial charge in [-0.3, -0.25) is 4.79 Å². The van der Waals surface area contributed by atoms with Gasteiger partial charge >= 0.3 is 0 Å². The van der Waals surface area contributed by atoms with Gasteiger partial charge in [0.25, 0.3) is 0 Å². The SMILES string of the molecule is Cc1cc(C)c(NC(=O)CSc2nc3ccccc3n2C)c(Cl)c1. The summed E-state index contributed by atoms with van der Waals surface area (Å²) in [5, 5.41) is 4.28. The van der Waals surface area contributed by atoms with E-state index in [1.54, 1.807) is 0 Å². The number of imidazole rings is 1. The number of carbonyl (C=O) groups is 1. The lowest BCUT2D eigenvalue weighted by Crippen LogP contribution is -2.15. The second-order valence-corrected chi connectivity index (χ2v) is 7.07. The first-order valence-electron chi connectivity index (χ1n) is 7.56. The Morgan fingerprint density at radius 2 is 2.04 bits per heavy atom. The lowest BCUT2D eigenvalue weighted by Gasteiger charge is -2.11. The average molecular weight is 360 g/mol. The molecule has 0 saturated heterocycles. The maximum atomic E-state index is 12.3. The first-order chi connectivity index (χ1) is 11.5. The van der Waals surface area contributed by atoms with Crippen LogP contribution in [0, 0.1) is 13.8 Å². The fraction of sp³-hybridized carbons (Fsp3) is 0.222. The summed E-state index contributed by atoms with van der Waals surface area (Å²) >= 11 is 7.65. The fourth-order valence-corrected chi connectivity index (χ4v) is 3.79. The summed E-state index contributed by atoms with van der Waals surface area (Å²) in [6.45, 7) is 3.92. The van der Waals surface area contributed by atoms with Crippen LogP contribution in [0.1, 0.15) is 11.1 Å². The number of rotatable bonds is 4. The van der Waals surface area contributed by atoms with Crippen molar-refractivity contribution >= 4 is 46.0 Å². The zero-order chi connectivity index (χ0) is 17.3. The molecule has 3 rings (SSSR count). The van der Waals surface area contributed by atoms with Crippen molar-refractivity contribution in [2.45, 2.75) is 19.0 Å². The molecule has 0 aliphatic heterocycles. The highest BCUT2D eigenvalue weighted by Crippen LogP contribution is 2.28. The van der Waals surface area contributed by atoms with Crippen LogP contribution in [0.3, 0.4) is 0 Å². The molecule has 124 valence electrons. The largest absolute Gasteiger partial charge is 0.324 e. The van der Waals surface area contributed by atoms with Crippen molar-refractivity contribution in [1.29, 1.82) is 0 Å². The molecule has 0 radical (unpaired) electrons. The number of nitrogens with zero attached hydrogens (tertiary/aromatic N) is 2. The molecule has 1 heterocycles. The molecule has 4 nitrogen and oxygen atoms in total. The fourth-order valence-electron chi connectivity index (χ4n) is 2.63. The van der Waals surface area contributed by atoms with Gasteiger partial charge in [0.05, 0.1) is 27.5 Å². The number of para-hydroxylation sites is 2. The molecule has 6 heteroatoms. The Kier molecular flexibility index (Phi) is 4.83.